The molecule has 0 saturated carbocycles. The maximum Gasteiger partial charge on any atom is 0.335 e. The van der Waals surface area contributed by atoms with Crippen molar-refractivity contribution in [2.24, 2.45) is 0 Å². The molecular formula is C18H23N3O4. The lowest BCUT2D eigenvalue weighted by Gasteiger charge is -2.18. The molecule has 7 heteroatoms. The summed E-state index contributed by atoms with van der Waals surface area (Å²) in [5, 5.41) is 12.1. The maximum atomic E-state index is 11.8. The van der Waals surface area contributed by atoms with Gasteiger partial charge in [-0.05, 0) is 38.0 Å². The van der Waals surface area contributed by atoms with Gasteiger partial charge in [-0.1, -0.05) is 6.92 Å². The van der Waals surface area contributed by atoms with Crippen LogP contribution in [-0.2, 0) is 16.1 Å². The summed E-state index contributed by atoms with van der Waals surface area (Å²) in [6.45, 7) is 5.10. The largest absolute Gasteiger partial charge is 0.478 e. The van der Waals surface area contributed by atoms with Crippen LogP contribution in [0.4, 0.5) is 0 Å². The number of benzene rings is 1. The number of carboxylic acids is 1. The second-order valence-corrected chi connectivity index (χ2v) is 6.37. The smallest absolute Gasteiger partial charge is 0.335 e. The minimum Gasteiger partial charge on any atom is -0.478 e. The molecule has 25 heavy (non-hydrogen) atoms. The van der Waals surface area contributed by atoms with Crippen LogP contribution in [0.1, 0.15) is 55.3 Å². The van der Waals surface area contributed by atoms with Gasteiger partial charge in [0.1, 0.15) is 5.82 Å². The summed E-state index contributed by atoms with van der Waals surface area (Å²) in [5.74, 6) is -0.311. The van der Waals surface area contributed by atoms with Gasteiger partial charge in [0.05, 0.1) is 35.3 Å². The van der Waals surface area contributed by atoms with E-state index in [4.69, 9.17) is 4.74 Å². The van der Waals surface area contributed by atoms with Crippen molar-refractivity contribution < 1.29 is 19.4 Å². The van der Waals surface area contributed by atoms with Crippen molar-refractivity contribution in [3.8, 4) is 0 Å². The molecule has 2 N–H and O–H groups in total. The first kappa shape index (κ1) is 17.4. The molecule has 1 aromatic carbocycles. The van der Waals surface area contributed by atoms with Crippen LogP contribution < -0.4 is 5.32 Å². The number of rotatable bonds is 6. The summed E-state index contributed by atoms with van der Waals surface area (Å²) in [4.78, 5) is 27.6. The summed E-state index contributed by atoms with van der Waals surface area (Å²) >= 11 is 0. The van der Waals surface area contributed by atoms with E-state index in [1.807, 2.05) is 11.5 Å². The van der Waals surface area contributed by atoms with Gasteiger partial charge >= 0.3 is 5.97 Å². The van der Waals surface area contributed by atoms with E-state index in [9.17, 15) is 14.7 Å². The number of imidazole rings is 1. The SMILES string of the molecule is CCC(=O)NC(C)c1nc2cc(C(=O)O)ccc2n1CC1CCCO1. The predicted octanol–water partition coefficient (Wildman–Crippen LogP) is 2.50. The van der Waals surface area contributed by atoms with Gasteiger partial charge in [-0.25, -0.2) is 9.78 Å². The summed E-state index contributed by atoms with van der Waals surface area (Å²) < 4.78 is 7.78. The number of aromatic nitrogens is 2. The second kappa shape index (κ2) is 7.23. The number of fused-ring (bicyclic) bond motifs is 1. The highest BCUT2D eigenvalue weighted by atomic mass is 16.5. The monoisotopic (exact) mass is 345 g/mol. The van der Waals surface area contributed by atoms with E-state index in [2.05, 4.69) is 10.3 Å². The molecule has 1 aliphatic heterocycles. The van der Waals surface area contributed by atoms with Crippen molar-refractivity contribution in [1.29, 1.82) is 0 Å². The fraction of sp³-hybridized carbons (Fsp3) is 0.500. The van der Waals surface area contributed by atoms with E-state index in [-0.39, 0.29) is 23.6 Å². The zero-order chi connectivity index (χ0) is 18.0. The molecule has 2 aromatic rings. The summed E-state index contributed by atoms with van der Waals surface area (Å²) in [5.41, 5.74) is 1.67. The van der Waals surface area contributed by atoms with Gasteiger partial charge in [-0.2, -0.15) is 0 Å². The summed E-state index contributed by atoms with van der Waals surface area (Å²) in [6, 6.07) is 4.66. The Bertz CT molecular complexity index is 793. The number of nitrogens with zero attached hydrogens (tertiary/aromatic N) is 2. The molecule has 1 fully saturated rings. The van der Waals surface area contributed by atoms with Crippen LogP contribution in [0.3, 0.4) is 0 Å². The molecule has 7 nitrogen and oxygen atoms in total. The minimum atomic E-state index is -0.982. The zero-order valence-corrected chi connectivity index (χ0v) is 14.5. The number of nitrogens with one attached hydrogen (secondary N) is 1. The van der Waals surface area contributed by atoms with Gasteiger partial charge in [0.25, 0.3) is 0 Å². The number of aromatic carboxylic acids is 1. The molecular weight excluding hydrogens is 322 g/mol. The van der Waals surface area contributed by atoms with E-state index in [0.29, 0.717) is 18.5 Å². The third-order valence-corrected chi connectivity index (χ3v) is 4.52. The average molecular weight is 345 g/mol. The van der Waals surface area contributed by atoms with Crippen molar-refractivity contribution in [2.45, 2.75) is 51.8 Å². The maximum absolute atomic E-state index is 11.8. The molecule has 2 unspecified atom stereocenters. The van der Waals surface area contributed by atoms with Gasteiger partial charge < -0.3 is 19.7 Å². The number of ether oxygens (including phenoxy) is 1. The first-order valence-electron chi connectivity index (χ1n) is 8.64. The van der Waals surface area contributed by atoms with Gasteiger partial charge in [-0.3, -0.25) is 4.79 Å². The van der Waals surface area contributed by atoms with Gasteiger partial charge in [0.2, 0.25) is 5.91 Å². The first-order chi connectivity index (χ1) is 12.0. The van der Waals surface area contributed by atoms with E-state index < -0.39 is 5.97 Å². The van der Waals surface area contributed by atoms with Crippen molar-refractivity contribution >= 4 is 22.9 Å². The Morgan fingerprint density at radius 1 is 1.48 bits per heavy atom. The molecule has 2 atom stereocenters. The number of hydrogen-bond acceptors (Lipinski definition) is 4. The van der Waals surface area contributed by atoms with E-state index in [1.165, 1.54) is 0 Å². The molecule has 0 aliphatic carbocycles. The van der Waals surface area contributed by atoms with Crippen molar-refractivity contribution in [2.75, 3.05) is 6.61 Å². The van der Waals surface area contributed by atoms with E-state index in [0.717, 1.165) is 30.8 Å². The first-order valence-corrected chi connectivity index (χ1v) is 8.64. The van der Waals surface area contributed by atoms with Crippen LogP contribution in [0.15, 0.2) is 18.2 Å². The third-order valence-electron chi connectivity index (χ3n) is 4.52. The molecule has 134 valence electrons. The Hall–Kier alpha value is -2.41. The van der Waals surface area contributed by atoms with Gasteiger partial charge in [0, 0.05) is 13.0 Å². The van der Waals surface area contributed by atoms with Crippen molar-refractivity contribution in [3.05, 3.63) is 29.6 Å². The lowest BCUT2D eigenvalue weighted by Crippen LogP contribution is -2.29. The second-order valence-electron chi connectivity index (χ2n) is 6.37. The van der Waals surface area contributed by atoms with Crippen LogP contribution in [0.5, 0.6) is 0 Å². The minimum absolute atomic E-state index is 0.0468. The van der Waals surface area contributed by atoms with Crippen LogP contribution in [0, 0.1) is 0 Å². The number of carbonyl (C=O) groups excluding carboxylic acids is 1. The number of carbonyl (C=O) groups is 2. The third kappa shape index (κ3) is 3.66. The fourth-order valence-electron chi connectivity index (χ4n) is 3.20. The highest BCUT2D eigenvalue weighted by molar-refractivity contribution is 5.92. The highest BCUT2D eigenvalue weighted by Gasteiger charge is 2.23. The molecule has 0 spiro atoms. The van der Waals surface area contributed by atoms with Gasteiger partial charge in [0.15, 0.2) is 0 Å². The van der Waals surface area contributed by atoms with Crippen LogP contribution in [0.2, 0.25) is 0 Å². The predicted molar refractivity (Wildman–Crippen MR) is 92.5 cm³/mol. The number of hydrogen-bond donors (Lipinski definition) is 2. The van der Waals surface area contributed by atoms with Crippen LogP contribution in [0.25, 0.3) is 11.0 Å². The molecule has 1 aromatic heterocycles. The molecule has 0 bridgehead atoms. The fourth-order valence-corrected chi connectivity index (χ4v) is 3.20. The Balaban J connectivity index is 2.01. The lowest BCUT2D eigenvalue weighted by molar-refractivity contribution is -0.121. The number of amides is 1. The highest BCUT2D eigenvalue weighted by Crippen LogP contribution is 2.25. The van der Waals surface area contributed by atoms with Crippen molar-refractivity contribution in [3.63, 3.8) is 0 Å². The standard InChI is InChI=1S/C18H23N3O4/c1-3-16(22)19-11(2)17-20-14-9-12(18(23)24)6-7-15(14)21(17)10-13-5-4-8-25-13/h6-7,9,11,13H,3-5,8,10H2,1-2H3,(H,19,22)(H,23,24). The van der Waals surface area contributed by atoms with E-state index >= 15 is 0 Å². The molecule has 3 rings (SSSR count). The Morgan fingerprint density at radius 3 is 2.92 bits per heavy atom. The Morgan fingerprint density at radius 2 is 2.28 bits per heavy atom. The Kier molecular flexibility index (Phi) is 5.03. The van der Waals surface area contributed by atoms with Crippen LogP contribution >= 0.6 is 0 Å². The van der Waals surface area contributed by atoms with Crippen molar-refractivity contribution in [1.82, 2.24) is 14.9 Å². The molecule has 1 saturated heterocycles. The summed E-state index contributed by atoms with van der Waals surface area (Å²) in [7, 11) is 0. The molecule has 2 heterocycles. The lowest BCUT2D eigenvalue weighted by atomic mass is 10.2. The molecule has 1 aliphatic rings. The van der Waals surface area contributed by atoms with Gasteiger partial charge in [-0.15, -0.1) is 0 Å². The Labute approximate surface area is 146 Å². The van der Waals surface area contributed by atoms with E-state index in [1.54, 1.807) is 25.1 Å². The quantitative estimate of drug-likeness (QED) is 0.839. The topological polar surface area (TPSA) is 93.5 Å². The summed E-state index contributed by atoms with van der Waals surface area (Å²) in [6.07, 6.45) is 2.55. The molecule has 0 radical (unpaired) electrons. The normalized spacial score (nSPS) is 18.4. The molecule has 1 amide bonds. The average Bonchev–Trinajstić information content (AvgIpc) is 3.22. The zero-order valence-electron chi connectivity index (χ0n) is 14.5. The number of carboxylic acid groups (broad SMARTS) is 1. The van der Waals surface area contributed by atoms with Crippen LogP contribution in [-0.4, -0.2) is 39.2 Å².